The lowest BCUT2D eigenvalue weighted by Crippen LogP contribution is -2.34. The summed E-state index contributed by atoms with van der Waals surface area (Å²) in [5.74, 6) is -0.762. The number of benzene rings is 1. The number of aryl methyl sites for hydroxylation is 3. The monoisotopic (exact) mass is 310 g/mol. The van der Waals surface area contributed by atoms with Gasteiger partial charge in [0.2, 0.25) is 0 Å². The molecular formula is C20H22O3. The molecule has 0 spiro atoms. The lowest BCUT2D eigenvalue weighted by atomic mass is 9.75. The van der Waals surface area contributed by atoms with E-state index in [-0.39, 0.29) is 41.5 Å². The molecule has 23 heavy (non-hydrogen) atoms. The zero-order valence-corrected chi connectivity index (χ0v) is 13.8. The van der Waals surface area contributed by atoms with E-state index in [1.54, 1.807) is 0 Å². The second kappa shape index (κ2) is 4.88. The summed E-state index contributed by atoms with van der Waals surface area (Å²) in [6, 6.07) is 4.13. The van der Waals surface area contributed by atoms with Gasteiger partial charge in [-0.15, -0.1) is 6.58 Å². The zero-order chi connectivity index (χ0) is 16.5. The number of hydrogen-bond acceptors (Lipinski definition) is 3. The van der Waals surface area contributed by atoms with E-state index in [9.17, 15) is 9.59 Å². The highest BCUT2D eigenvalue weighted by Gasteiger charge is 2.65. The molecule has 4 rings (SSSR count). The van der Waals surface area contributed by atoms with E-state index in [1.165, 1.54) is 0 Å². The minimum absolute atomic E-state index is 0.0640. The van der Waals surface area contributed by atoms with Crippen molar-refractivity contribution >= 4 is 11.6 Å². The van der Waals surface area contributed by atoms with Crippen LogP contribution in [0.15, 0.2) is 24.8 Å². The molecule has 3 fully saturated rings. The van der Waals surface area contributed by atoms with Crippen LogP contribution >= 0.6 is 0 Å². The summed E-state index contributed by atoms with van der Waals surface area (Å²) in [6.07, 6.45) is 2.47. The highest BCUT2D eigenvalue weighted by atomic mass is 16.5. The van der Waals surface area contributed by atoms with E-state index in [1.807, 2.05) is 26.8 Å². The molecule has 0 aromatic heterocycles. The quantitative estimate of drug-likeness (QED) is 0.623. The highest BCUT2D eigenvalue weighted by Crippen LogP contribution is 2.55. The van der Waals surface area contributed by atoms with Crippen molar-refractivity contribution in [2.75, 3.05) is 0 Å². The number of Topliss-reactive ketones (excluding diaryl/α,β-unsaturated/α-hetero) is 2. The van der Waals surface area contributed by atoms with E-state index in [0.29, 0.717) is 0 Å². The van der Waals surface area contributed by atoms with Crippen LogP contribution < -0.4 is 0 Å². The molecule has 0 N–H and O–H groups in total. The Morgan fingerprint density at radius 1 is 1.09 bits per heavy atom. The Morgan fingerprint density at radius 2 is 1.70 bits per heavy atom. The van der Waals surface area contributed by atoms with E-state index in [0.717, 1.165) is 28.7 Å². The summed E-state index contributed by atoms with van der Waals surface area (Å²) in [4.78, 5) is 26.1. The molecule has 3 aliphatic rings. The van der Waals surface area contributed by atoms with Gasteiger partial charge in [-0.05, 0) is 43.9 Å². The van der Waals surface area contributed by atoms with Gasteiger partial charge in [0.15, 0.2) is 11.6 Å². The van der Waals surface area contributed by atoms with Gasteiger partial charge in [-0.1, -0.05) is 23.8 Å². The van der Waals surface area contributed by atoms with Crippen LogP contribution in [-0.4, -0.2) is 23.8 Å². The van der Waals surface area contributed by atoms with Gasteiger partial charge in [-0.3, -0.25) is 9.59 Å². The van der Waals surface area contributed by atoms with Crippen molar-refractivity contribution in [3.63, 3.8) is 0 Å². The molecule has 0 radical (unpaired) electrons. The third-order valence-corrected chi connectivity index (χ3v) is 5.96. The molecule has 1 unspecified atom stereocenters. The number of carbonyl (C=O) groups excluding carboxylic acids is 2. The van der Waals surface area contributed by atoms with Crippen LogP contribution in [-0.2, 0) is 14.3 Å². The fourth-order valence-corrected chi connectivity index (χ4v) is 5.16. The van der Waals surface area contributed by atoms with Crippen molar-refractivity contribution in [3.8, 4) is 0 Å². The van der Waals surface area contributed by atoms with Crippen molar-refractivity contribution in [2.24, 2.45) is 17.8 Å². The van der Waals surface area contributed by atoms with Gasteiger partial charge in [0, 0.05) is 5.92 Å². The molecular weight excluding hydrogens is 288 g/mol. The van der Waals surface area contributed by atoms with Gasteiger partial charge < -0.3 is 4.74 Å². The molecule has 3 nitrogen and oxygen atoms in total. The first kappa shape index (κ1) is 14.8. The molecule has 0 amide bonds. The number of rotatable bonds is 2. The van der Waals surface area contributed by atoms with E-state index < -0.39 is 5.92 Å². The fourth-order valence-electron chi connectivity index (χ4n) is 5.16. The van der Waals surface area contributed by atoms with Crippen LogP contribution in [0.25, 0.3) is 0 Å². The minimum Gasteiger partial charge on any atom is -0.373 e. The molecule has 3 heteroatoms. The molecule has 2 heterocycles. The number of ketones is 2. The summed E-state index contributed by atoms with van der Waals surface area (Å²) in [5, 5.41) is 0. The smallest absolute Gasteiger partial charge is 0.154 e. The van der Waals surface area contributed by atoms with Crippen LogP contribution in [0.5, 0.6) is 0 Å². The second-order valence-electron chi connectivity index (χ2n) is 7.38. The topological polar surface area (TPSA) is 43.4 Å². The molecule has 6 atom stereocenters. The van der Waals surface area contributed by atoms with Crippen LogP contribution in [0.3, 0.4) is 0 Å². The van der Waals surface area contributed by atoms with Gasteiger partial charge in [0.1, 0.15) is 5.92 Å². The third kappa shape index (κ3) is 1.86. The standard InChI is InChI=1S/C20H22O3/c1-5-12-8-13-15-17(20(12)23-13)19(22)16(18(15)21)14-10(3)6-9(2)7-11(14)4/h5-7,12-13,15-17,20H,1,8H2,2-4H3/t12-,13+,15+,16?,17-,20-/m1/s1. The Balaban J connectivity index is 1.78. The minimum atomic E-state index is -0.594. The van der Waals surface area contributed by atoms with Crippen LogP contribution in [0, 0.1) is 38.5 Å². The average molecular weight is 310 g/mol. The number of carbonyl (C=O) groups is 2. The van der Waals surface area contributed by atoms with Crippen molar-refractivity contribution in [1.29, 1.82) is 0 Å². The molecule has 1 aromatic rings. The highest BCUT2D eigenvalue weighted by molar-refractivity contribution is 6.17. The first-order chi connectivity index (χ1) is 10.9. The zero-order valence-electron chi connectivity index (χ0n) is 13.8. The Labute approximate surface area is 136 Å². The van der Waals surface area contributed by atoms with Crippen molar-refractivity contribution in [1.82, 2.24) is 0 Å². The molecule has 120 valence electrons. The van der Waals surface area contributed by atoms with E-state index >= 15 is 0 Å². The maximum atomic E-state index is 13.1. The van der Waals surface area contributed by atoms with Crippen molar-refractivity contribution in [3.05, 3.63) is 47.0 Å². The Kier molecular flexibility index (Phi) is 3.14. The first-order valence-electron chi connectivity index (χ1n) is 8.37. The lowest BCUT2D eigenvalue weighted by Gasteiger charge is -2.23. The van der Waals surface area contributed by atoms with Crippen molar-refractivity contribution in [2.45, 2.75) is 45.3 Å². The first-order valence-corrected chi connectivity index (χ1v) is 8.37. The van der Waals surface area contributed by atoms with E-state index in [2.05, 4.69) is 18.7 Å². The largest absolute Gasteiger partial charge is 0.373 e. The molecule has 2 bridgehead atoms. The van der Waals surface area contributed by atoms with E-state index in [4.69, 9.17) is 4.74 Å². The van der Waals surface area contributed by atoms with Crippen LogP contribution in [0.1, 0.15) is 34.6 Å². The molecule has 1 aromatic carbocycles. The number of hydrogen-bond donors (Lipinski definition) is 0. The summed E-state index contributed by atoms with van der Waals surface area (Å²) in [5.41, 5.74) is 4.18. The molecule has 2 aliphatic heterocycles. The SMILES string of the molecule is C=C[C@@H]1C[C@@H]2O[C@H]1[C@H]1C(=O)C(c3c(C)cc(C)cc3C)C(=O)[C@H]12. The van der Waals surface area contributed by atoms with Gasteiger partial charge in [0.25, 0.3) is 0 Å². The fraction of sp³-hybridized carbons (Fsp3) is 0.500. The maximum Gasteiger partial charge on any atom is 0.154 e. The normalized spacial score (nSPS) is 38.2. The predicted molar refractivity (Wildman–Crippen MR) is 87.4 cm³/mol. The van der Waals surface area contributed by atoms with Crippen LogP contribution in [0.2, 0.25) is 0 Å². The average Bonchev–Trinajstić information content (AvgIpc) is 3.12. The Hall–Kier alpha value is -1.74. The number of fused-ring (bicyclic) bond motifs is 5. The third-order valence-electron chi connectivity index (χ3n) is 5.96. The molecule has 1 aliphatic carbocycles. The maximum absolute atomic E-state index is 13.1. The predicted octanol–water partition coefficient (Wildman–Crippen LogP) is 3.05. The second-order valence-corrected chi connectivity index (χ2v) is 7.38. The summed E-state index contributed by atoms with van der Waals surface area (Å²) in [7, 11) is 0. The van der Waals surface area contributed by atoms with Gasteiger partial charge in [0.05, 0.1) is 24.0 Å². The van der Waals surface area contributed by atoms with Gasteiger partial charge in [-0.2, -0.15) is 0 Å². The Bertz CT molecular complexity index is 709. The molecule has 2 saturated heterocycles. The molecule has 1 saturated carbocycles. The van der Waals surface area contributed by atoms with Crippen molar-refractivity contribution < 1.29 is 14.3 Å². The summed E-state index contributed by atoms with van der Waals surface area (Å²) < 4.78 is 5.93. The lowest BCUT2D eigenvalue weighted by molar-refractivity contribution is -0.127. The van der Waals surface area contributed by atoms with Gasteiger partial charge >= 0.3 is 0 Å². The van der Waals surface area contributed by atoms with Crippen LogP contribution in [0.4, 0.5) is 0 Å². The summed E-state index contributed by atoms with van der Waals surface area (Å²) >= 11 is 0. The Morgan fingerprint density at radius 3 is 2.30 bits per heavy atom. The summed E-state index contributed by atoms with van der Waals surface area (Å²) in [6.45, 7) is 9.90. The number of ether oxygens (including phenoxy) is 1. The van der Waals surface area contributed by atoms with Gasteiger partial charge in [-0.25, -0.2) is 0 Å².